The Morgan fingerprint density at radius 1 is 0.935 bits per heavy atom. The van der Waals surface area contributed by atoms with Gasteiger partial charge >= 0.3 is 11.9 Å². The van der Waals surface area contributed by atoms with Gasteiger partial charge in [0.05, 0.1) is 18.8 Å². The lowest BCUT2D eigenvalue weighted by atomic mass is 10.1. The van der Waals surface area contributed by atoms with E-state index in [0.717, 1.165) is 6.92 Å². The zero-order valence-electron chi connectivity index (χ0n) is 17.2. The summed E-state index contributed by atoms with van der Waals surface area (Å²) in [6.45, 7) is 0.231. The number of carboxylic acid groups (broad SMARTS) is 2. The number of rotatable bonds is 15. The number of hydrogen-bond donors (Lipinski definition) is 8. The quantitative estimate of drug-likeness (QED) is 0.120. The lowest BCUT2D eigenvalue weighted by Crippen LogP contribution is -2.60. The lowest BCUT2D eigenvalue weighted by molar-refractivity contribution is -0.144. The molecule has 13 nitrogen and oxygen atoms in total. The molecule has 0 spiro atoms. The van der Waals surface area contributed by atoms with E-state index in [4.69, 9.17) is 21.1 Å². The molecule has 5 unspecified atom stereocenters. The molecule has 31 heavy (non-hydrogen) atoms. The van der Waals surface area contributed by atoms with E-state index in [1.807, 2.05) is 11.6 Å². The highest BCUT2D eigenvalue weighted by Crippen LogP contribution is 2.04. The molecule has 0 fully saturated rings. The summed E-state index contributed by atoms with van der Waals surface area (Å²) in [4.78, 5) is 59.0. The highest BCUT2D eigenvalue weighted by Gasteiger charge is 2.32. The first-order valence-corrected chi connectivity index (χ1v) is 10.7. The van der Waals surface area contributed by atoms with Crippen molar-refractivity contribution in [3.63, 3.8) is 0 Å². The van der Waals surface area contributed by atoms with Gasteiger partial charge in [-0.05, 0) is 31.8 Å². The Morgan fingerprint density at radius 2 is 1.52 bits per heavy atom. The van der Waals surface area contributed by atoms with Gasteiger partial charge in [0.2, 0.25) is 17.7 Å². The largest absolute Gasteiger partial charge is 0.481 e. The summed E-state index contributed by atoms with van der Waals surface area (Å²) in [5.41, 5.74) is 5.75. The molecule has 0 aliphatic carbocycles. The highest BCUT2D eigenvalue weighted by atomic mass is 32.2. The number of thioether (sulfide) groups is 1. The van der Waals surface area contributed by atoms with Crippen LogP contribution in [0.3, 0.4) is 0 Å². The number of amides is 3. The Balaban J connectivity index is 5.35. The number of carbonyl (C=O) groups is 5. The summed E-state index contributed by atoms with van der Waals surface area (Å²) < 4.78 is 0. The Kier molecular flexibility index (Phi) is 13.4. The SMILES string of the molecule is CSCCC(N)C(=O)NC(CCC(=O)O)C(=O)NC(C(=O)NC(CO)C(=O)O)C(C)O. The number of nitrogens with one attached hydrogen (secondary N) is 3. The Hall–Kier alpha value is -2.42. The second kappa shape index (κ2) is 14.6. The molecule has 0 bridgehead atoms. The molecule has 0 heterocycles. The lowest BCUT2D eigenvalue weighted by Gasteiger charge is -2.26. The molecular formula is C17H30N4O9S. The van der Waals surface area contributed by atoms with E-state index in [2.05, 4.69) is 10.6 Å². The summed E-state index contributed by atoms with van der Waals surface area (Å²) in [7, 11) is 0. The van der Waals surface area contributed by atoms with Crippen LogP contribution < -0.4 is 21.7 Å². The predicted molar refractivity (Wildman–Crippen MR) is 110 cm³/mol. The molecule has 0 aliphatic heterocycles. The normalized spacial score (nSPS) is 15.6. The smallest absolute Gasteiger partial charge is 0.328 e. The van der Waals surface area contributed by atoms with Crippen molar-refractivity contribution in [1.82, 2.24) is 16.0 Å². The van der Waals surface area contributed by atoms with Crippen molar-refractivity contribution >= 4 is 41.4 Å². The average Bonchev–Trinajstić information content (AvgIpc) is 2.69. The van der Waals surface area contributed by atoms with Crippen LogP contribution in [0.25, 0.3) is 0 Å². The Morgan fingerprint density at radius 3 is 1.97 bits per heavy atom. The maximum atomic E-state index is 12.6. The fourth-order valence-electron chi connectivity index (χ4n) is 2.30. The molecule has 0 saturated heterocycles. The van der Waals surface area contributed by atoms with Gasteiger partial charge in [-0.25, -0.2) is 4.79 Å². The molecular weight excluding hydrogens is 436 g/mol. The van der Waals surface area contributed by atoms with E-state index in [0.29, 0.717) is 12.2 Å². The third kappa shape index (κ3) is 11.0. The predicted octanol–water partition coefficient (Wildman–Crippen LogP) is -3.16. The second-order valence-corrected chi connectivity index (χ2v) is 7.68. The fourth-order valence-corrected chi connectivity index (χ4v) is 2.79. The van der Waals surface area contributed by atoms with Crippen LogP contribution in [0.2, 0.25) is 0 Å². The van der Waals surface area contributed by atoms with E-state index < -0.39 is 73.0 Å². The van der Waals surface area contributed by atoms with Crippen molar-refractivity contribution in [1.29, 1.82) is 0 Å². The number of carboxylic acids is 2. The van der Waals surface area contributed by atoms with Crippen LogP contribution in [0.4, 0.5) is 0 Å². The van der Waals surface area contributed by atoms with Crippen molar-refractivity contribution in [3.05, 3.63) is 0 Å². The highest BCUT2D eigenvalue weighted by molar-refractivity contribution is 7.98. The topological polar surface area (TPSA) is 228 Å². The van der Waals surface area contributed by atoms with Crippen LogP contribution in [0.5, 0.6) is 0 Å². The minimum absolute atomic E-state index is 0.315. The van der Waals surface area contributed by atoms with Gasteiger partial charge in [-0.1, -0.05) is 0 Å². The molecule has 0 aromatic rings. The second-order valence-electron chi connectivity index (χ2n) is 6.69. The van der Waals surface area contributed by atoms with E-state index in [1.165, 1.54) is 11.8 Å². The van der Waals surface area contributed by atoms with Crippen LogP contribution >= 0.6 is 11.8 Å². The van der Waals surface area contributed by atoms with E-state index in [-0.39, 0.29) is 6.42 Å². The van der Waals surface area contributed by atoms with Crippen molar-refractivity contribution in [2.24, 2.45) is 5.73 Å². The minimum atomic E-state index is -1.66. The molecule has 14 heteroatoms. The number of hydrogen-bond acceptors (Lipinski definition) is 9. The molecule has 0 aromatic carbocycles. The summed E-state index contributed by atoms with van der Waals surface area (Å²) in [5.74, 6) is -4.93. The van der Waals surface area contributed by atoms with E-state index in [9.17, 15) is 29.1 Å². The molecule has 3 amide bonds. The molecule has 178 valence electrons. The zero-order chi connectivity index (χ0) is 24.1. The molecule has 0 rings (SSSR count). The van der Waals surface area contributed by atoms with E-state index >= 15 is 0 Å². The van der Waals surface area contributed by atoms with Crippen molar-refractivity contribution in [2.75, 3.05) is 18.6 Å². The summed E-state index contributed by atoms with van der Waals surface area (Å²) in [5, 5.41) is 43.1. The summed E-state index contributed by atoms with van der Waals surface area (Å²) in [6.07, 6.45) is -0.130. The van der Waals surface area contributed by atoms with Crippen LogP contribution in [-0.2, 0) is 24.0 Å². The first-order chi connectivity index (χ1) is 14.4. The number of carbonyl (C=O) groups excluding carboxylic acids is 3. The Bertz CT molecular complexity index is 647. The zero-order valence-corrected chi connectivity index (χ0v) is 18.1. The van der Waals surface area contributed by atoms with Crippen molar-refractivity contribution < 1.29 is 44.4 Å². The number of nitrogens with two attached hydrogens (primary N) is 1. The average molecular weight is 467 g/mol. The van der Waals surface area contributed by atoms with Crippen LogP contribution in [0.1, 0.15) is 26.2 Å². The van der Waals surface area contributed by atoms with Gasteiger partial charge in [0.25, 0.3) is 0 Å². The standard InChI is InChI=1S/C17H30N4O9S/c1-8(23)13(16(28)20-11(7-22)17(29)30)21-15(27)10(3-4-12(24)25)19-14(26)9(18)5-6-31-2/h8-11,13,22-23H,3-7,18H2,1-2H3,(H,19,26)(H,20,28)(H,21,27)(H,24,25)(H,29,30). The summed E-state index contributed by atoms with van der Waals surface area (Å²) >= 11 is 1.46. The number of aliphatic hydroxyl groups excluding tert-OH is 2. The molecule has 0 saturated carbocycles. The van der Waals surface area contributed by atoms with Crippen molar-refractivity contribution in [3.8, 4) is 0 Å². The third-order valence-corrected chi connectivity index (χ3v) is 4.75. The molecule has 0 aromatic heterocycles. The van der Waals surface area contributed by atoms with E-state index in [1.54, 1.807) is 0 Å². The maximum absolute atomic E-state index is 12.6. The molecule has 0 radical (unpaired) electrons. The van der Waals surface area contributed by atoms with Gasteiger partial charge in [0.1, 0.15) is 18.1 Å². The van der Waals surface area contributed by atoms with Crippen LogP contribution in [-0.4, -0.2) is 99.0 Å². The minimum Gasteiger partial charge on any atom is -0.481 e. The molecule has 9 N–H and O–H groups in total. The number of aliphatic carboxylic acids is 2. The third-order valence-electron chi connectivity index (χ3n) is 4.11. The molecule has 5 atom stereocenters. The fraction of sp³-hybridized carbons (Fsp3) is 0.706. The monoisotopic (exact) mass is 466 g/mol. The van der Waals surface area contributed by atoms with Crippen LogP contribution in [0, 0.1) is 0 Å². The number of aliphatic hydroxyl groups is 2. The van der Waals surface area contributed by atoms with Gasteiger partial charge in [-0.2, -0.15) is 11.8 Å². The van der Waals surface area contributed by atoms with Gasteiger partial charge in [-0.15, -0.1) is 0 Å². The van der Waals surface area contributed by atoms with Crippen LogP contribution in [0.15, 0.2) is 0 Å². The Labute approximate surface area is 183 Å². The first-order valence-electron chi connectivity index (χ1n) is 9.33. The van der Waals surface area contributed by atoms with Gasteiger partial charge in [0, 0.05) is 6.42 Å². The van der Waals surface area contributed by atoms with Gasteiger partial charge in [0.15, 0.2) is 0 Å². The maximum Gasteiger partial charge on any atom is 0.328 e. The van der Waals surface area contributed by atoms with Crippen molar-refractivity contribution in [2.45, 2.75) is 56.5 Å². The molecule has 0 aliphatic rings. The first kappa shape index (κ1) is 28.6. The summed E-state index contributed by atoms with van der Waals surface area (Å²) in [6, 6.07) is -5.60. The van der Waals surface area contributed by atoms with Gasteiger partial charge in [-0.3, -0.25) is 19.2 Å². The van der Waals surface area contributed by atoms with Gasteiger partial charge < -0.3 is 42.1 Å².